The first kappa shape index (κ1) is 20.6. The highest BCUT2D eigenvalue weighted by Crippen LogP contribution is 2.25. The number of rotatable bonds is 6. The van der Waals surface area contributed by atoms with E-state index in [1.165, 1.54) is 24.3 Å². The molecule has 6 nitrogen and oxygen atoms in total. The van der Waals surface area contributed by atoms with Gasteiger partial charge in [-0.25, -0.2) is 4.79 Å². The van der Waals surface area contributed by atoms with Gasteiger partial charge in [-0.3, -0.25) is 4.79 Å². The monoisotopic (exact) mass is 416 g/mol. The lowest BCUT2D eigenvalue weighted by Crippen LogP contribution is -2.14. The molecular formula is C23H13ClN2O4. The van der Waals surface area contributed by atoms with Crippen LogP contribution in [0, 0.1) is 22.7 Å². The van der Waals surface area contributed by atoms with Gasteiger partial charge in [-0.15, -0.1) is 0 Å². The zero-order valence-corrected chi connectivity index (χ0v) is 16.2. The first-order valence-corrected chi connectivity index (χ1v) is 9.06. The average Bonchev–Trinajstić information content (AvgIpc) is 2.77. The number of nitriles is 2. The third-order valence-corrected chi connectivity index (χ3v) is 4.29. The summed E-state index contributed by atoms with van der Waals surface area (Å²) in [6.45, 7) is -0.410. The van der Waals surface area contributed by atoms with Crippen LogP contribution >= 0.6 is 11.6 Å². The second-order valence-corrected chi connectivity index (χ2v) is 6.50. The molecule has 0 spiro atoms. The van der Waals surface area contributed by atoms with Gasteiger partial charge >= 0.3 is 5.97 Å². The SMILES string of the molecule is N#Cc1ccc(Oc2cccc(C(=O)OCC(=O)c3ccc(Cl)cc3)c2)cc1C#N. The number of ether oxygens (including phenoxy) is 2. The fraction of sp³-hybridized carbons (Fsp3) is 0.0435. The van der Waals surface area contributed by atoms with E-state index in [4.69, 9.17) is 31.6 Å². The van der Waals surface area contributed by atoms with E-state index < -0.39 is 12.6 Å². The van der Waals surface area contributed by atoms with Crippen molar-refractivity contribution >= 4 is 23.4 Å². The van der Waals surface area contributed by atoms with Crippen LogP contribution in [0.5, 0.6) is 11.5 Å². The zero-order chi connectivity index (χ0) is 21.5. The van der Waals surface area contributed by atoms with Crippen LogP contribution in [0.25, 0.3) is 0 Å². The molecule has 7 heteroatoms. The number of hydrogen-bond acceptors (Lipinski definition) is 6. The molecule has 0 unspecified atom stereocenters. The fourth-order valence-corrected chi connectivity index (χ4v) is 2.66. The summed E-state index contributed by atoms with van der Waals surface area (Å²) in [7, 11) is 0. The molecule has 0 heterocycles. The summed E-state index contributed by atoms with van der Waals surface area (Å²) < 4.78 is 10.8. The van der Waals surface area contributed by atoms with E-state index in [0.29, 0.717) is 22.1 Å². The largest absolute Gasteiger partial charge is 0.457 e. The highest BCUT2D eigenvalue weighted by molar-refractivity contribution is 6.30. The highest BCUT2D eigenvalue weighted by Gasteiger charge is 2.13. The molecule has 146 valence electrons. The van der Waals surface area contributed by atoms with Crippen LogP contribution in [-0.4, -0.2) is 18.4 Å². The summed E-state index contributed by atoms with van der Waals surface area (Å²) in [5.41, 5.74) is 1.02. The zero-order valence-electron chi connectivity index (χ0n) is 15.5. The quantitative estimate of drug-likeness (QED) is 0.417. The third kappa shape index (κ3) is 5.02. The maximum absolute atomic E-state index is 12.3. The van der Waals surface area contributed by atoms with Gasteiger partial charge in [0.05, 0.1) is 16.7 Å². The molecule has 0 fully saturated rings. The van der Waals surface area contributed by atoms with Crippen molar-refractivity contribution in [2.24, 2.45) is 0 Å². The van der Waals surface area contributed by atoms with E-state index in [-0.39, 0.29) is 22.5 Å². The van der Waals surface area contributed by atoms with Gasteiger partial charge in [0.25, 0.3) is 0 Å². The van der Waals surface area contributed by atoms with E-state index in [2.05, 4.69) is 0 Å². The Labute approximate surface area is 177 Å². The standard InChI is InChI=1S/C23H13ClN2O4/c24-19-7-4-15(5-8-19)22(27)14-29-23(28)16-2-1-3-20(10-16)30-21-9-6-17(12-25)18(11-21)13-26/h1-11H,14H2. The number of halogens is 1. The van der Waals surface area contributed by atoms with Crippen LogP contribution < -0.4 is 4.74 Å². The Morgan fingerprint density at radius 3 is 2.23 bits per heavy atom. The van der Waals surface area contributed by atoms with Crippen LogP contribution in [-0.2, 0) is 4.74 Å². The van der Waals surface area contributed by atoms with Gasteiger partial charge in [-0.05, 0) is 60.7 Å². The van der Waals surface area contributed by atoms with E-state index in [9.17, 15) is 9.59 Å². The average molecular weight is 417 g/mol. The fourth-order valence-electron chi connectivity index (χ4n) is 2.53. The maximum atomic E-state index is 12.3. The minimum Gasteiger partial charge on any atom is -0.457 e. The number of nitrogens with zero attached hydrogens (tertiary/aromatic N) is 2. The molecule has 3 aromatic carbocycles. The Morgan fingerprint density at radius 2 is 1.53 bits per heavy atom. The number of benzene rings is 3. The second-order valence-electron chi connectivity index (χ2n) is 6.07. The van der Waals surface area contributed by atoms with Crippen molar-refractivity contribution in [3.8, 4) is 23.6 Å². The number of carbonyl (C=O) groups excluding carboxylic acids is 2. The molecular weight excluding hydrogens is 404 g/mol. The van der Waals surface area contributed by atoms with Crippen molar-refractivity contribution in [2.45, 2.75) is 0 Å². The van der Waals surface area contributed by atoms with Gasteiger partial charge in [-0.2, -0.15) is 10.5 Å². The number of carbonyl (C=O) groups is 2. The van der Waals surface area contributed by atoms with Gasteiger partial charge in [0.2, 0.25) is 0 Å². The lowest BCUT2D eigenvalue weighted by Gasteiger charge is -2.09. The second kappa shape index (κ2) is 9.38. The van der Waals surface area contributed by atoms with E-state index in [1.807, 2.05) is 12.1 Å². The van der Waals surface area contributed by atoms with Crippen LogP contribution in [0.15, 0.2) is 66.7 Å². The van der Waals surface area contributed by atoms with Gasteiger partial charge in [0, 0.05) is 10.6 Å². The Morgan fingerprint density at radius 1 is 0.833 bits per heavy atom. The predicted octanol–water partition coefficient (Wildman–Crippen LogP) is 4.92. The van der Waals surface area contributed by atoms with Gasteiger partial charge in [0.1, 0.15) is 23.6 Å². The predicted molar refractivity (Wildman–Crippen MR) is 108 cm³/mol. The molecule has 0 atom stereocenters. The van der Waals surface area contributed by atoms with Gasteiger partial charge < -0.3 is 9.47 Å². The lowest BCUT2D eigenvalue weighted by atomic mass is 10.1. The molecule has 3 aromatic rings. The third-order valence-electron chi connectivity index (χ3n) is 4.04. The molecule has 0 aliphatic rings. The summed E-state index contributed by atoms with van der Waals surface area (Å²) in [6, 6.07) is 20.8. The number of hydrogen-bond donors (Lipinski definition) is 0. The Hall–Kier alpha value is -4.13. The molecule has 0 amide bonds. The number of Topliss-reactive ketones (excluding diaryl/α,β-unsaturated/α-hetero) is 1. The highest BCUT2D eigenvalue weighted by atomic mass is 35.5. The molecule has 0 saturated heterocycles. The molecule has 30 heavy (non-hydrogen) atoms. The van der Waals surface area contributed by atoms with Crippen LogP contribution in [0.2, 0.25) is 5.02 Å². The maximum Gasteiger partial charge on any atom is 0.338 e. The minimum atomic E-state index is -0.680. The van der Waals surface area contributed by atoms with E-state index in [0.717, 1.165) is 0 Å². The molecule has 0 radical (unpaired) electrons. The molecule has 0 aliphatic heterocycles. The lowest BCUT2D eigenvalue weighted by molar-refractivity contribution is 0.0474. The van der Waals surface area contributed by atoms with E-state index >= 15 is 0 Å². The summed E-state index contributed by atoms with van der Waals surface area (Å²) in [4.78, 5) is 24.4. The number of ketones is 1. The van der Waals surface area contributed by atoms with Crippen molar-refractivity contribution in [1.82, 2.24) is 0 Å². The summed E-state index contributed by atoms with van der Waals surface area (Å²) in [6.07, 6.45) is 0. The summed E-state index contributed by atoms with van der Waals surface area (Å²) in [5.74, 6) is -0.356. The topological polar surface area (TPSA) is 100 Å². The molecule has 0 saturated carbocycles. The van der Waals surface area contributed by atoms with Crippen molar-refractivity contribution in [3.05, 3.63) is 94.0 Å². The van der Waals surface area contributed by atoms with Crippen LogP contribution in [0.1, 0.15) is 31.8 Å². The van der Waals surface area contributed by atoms with Crippen molar-refractivity contribution in [3.63, 3.8) is 0 Å². The molecule has 0 bridgehead atoms. The molecule has 0 N–H and O–H groups in total. The number of esters is 1. The smallest absolute Gasteiger partial charge is 0.338 e. The van der Waals surface area contributed by atoms with Crippen LogP contribution in [0.3, 0.4) is 0 Å². The van der Waals surface area contributed by atoms with Crippen molar-refractivity contribution < 1.29 is 19.1 Å². The van der Waals surface area contributed by atoms with Gasteiger partial charge in [0.15, 0.2) is 12.4 Å². The summed E-state index contributed by atoms with van der Waals surface area (Å²) in [5, 5.41) is 18.6. The first-order chi connectivity index (χ1) is 14.5. The Bertz CT molecular complexity index is 1190. The normalized spacial score (nSPS) is 9.83. The minimum absolute atomic E-state index is 0.186. The first-order valence-electron chi connectivity index (χ1n) is 8.68. The van der Waals surface area contributed by atoms with Crippen molar-refractivity contribution in [1.29, 1.82) is 10.5 Å². The van der Waals surface area contributed by atoms with E-state index in [1.54, 1.807) is 42.5 Å². The molecule has 3 rings (SSSR count). The summed E-state index contributed by atoms with van der Waals surface area (Å²) >= 11 is 5.79. The Balaban J connectivity index is 1.67. The van der Waals surface area contributed by atoms with Crippen molar-refractivity contribution in [2.75, 3.05) is 6.61 Å². The Kier molecular flexibility index (Phi) is 6.44. The molecule has 0 aromatic heterocycles. The molecule has 0 aliphatic carbocycles. The van der Waals surface area contributed by atoms with Crippen LogP contribution in [0.4, 0.5) is 0 Å². The van der Waals surface area contributed by atoms with Gasteiger partial charge in [-0.1, -0.05) is 17.7 Å².